The second-order valence-electron chi connectivity index (χ2n) is 6.65. The predicted molar refractivity (Wildman–Crippen MR) is 99.9 cm³/mol. The number of para-hydroxylation sites is 1. The van der Waals surface area contributed by atoms with Gasteiger partial charge in [-0.05, 0) is 30.7 Å². The minimum atomic E-state index is -0.0317. The van der Waals surface area contributed by atoms with Gasteiger partial charge in [-0.3, -0.25) is 9.69 Å². The Balaban J connectivity index is 1.39. The van der Waals surface area contributed by atoms with Crippen molar-refractivity contribution in [3.8, 4) is 6.07 Å². The van der Waals surface area contributed by atoms with Crippen molar-refractivity contribution in [2.45, 2.75) is 12.5 Å². The highest BCUT2D eigenvalue weighted by Gasteiger charge is 2.37. The number of hydrogen-bond acceptors (Lipinski definition) is 5. The third kappa shape index (κ3) is 3.14. The van der Waals surface area contributed by atoms with E-state index in [2.05, 4.69) is 20.9 Å². The van der Waals surface area contributed by atoms with Gasteiger partial charge in [-0.1, -0.05) is 24.3 Å². The molecule has 26 heavy (non-hydrogen) atoms. The fourth-order valence-corrected chi connectivity index (χ4v) is 3.79. The molecule has 1 atom stereocenters. The van der Waals surface area contributed by atoms with Gasteiger partial charge in [-0.15, -0.1) is 0 Å². The van der Waals surface area contributed by atoms with Gasteiger partial charge in [-0.2, -0.15) is 5.26 Å². The maximum Gasteiger partial charge on any atom is 0.244 e. The van der Waals surface area contributed by atoms with Gasteiger partial charge in [0.05, 0.1) is 6.04 Å². The van der Waals surface area contributed by atoms with Gasteiger partial charge in [0.15, 0.2) is 0 Å². The largest absolute Gasteiger partial charge is 0.354 e. The van der Waals surface area contributed by atoms with Crippen LogP contribution >= 0.6 is 0 Å². The summed E-state index contributed by atoms with van der Waals surface area (Å²) in [7, 11) is 0. The normalized spacial score (nSPS) is 21.0. The highest BCUT2D eigenvalue weighted by molar-refractivity contribution is 5.99. The Kier molecular flexibility index (Phi) is 4.55. The van der Waals surface area contributed by atoms with Crippen molar-refractivity contribution in [3.63, 3.8) is 0 Å². The number of piperazine rings is 1. The second kappa shape index (κ2) is 7.14. The zero-order valence-electron chi connectivity index (χ0n) is 14.6. The molecule has 1 aromatic heterocycles. The van der Waals surface area contributed by atoms with Gasteiger partial charge in [0.2, 0.25) is 5.91 Å². The van der Waals surface area contributed by atoms with Gasteiger partial charge >= 0.3 is 0 Å². The van der Waals surface area contributed by atoms with E-state index in [9.17, 15) is 4.79 Å². The molecule has 4 rings (SSSR count). The minimum Gasteiger partial charge on any atom is -0.354 e. The van der Waals surface area contributed by atoms with E-state index in [1.54, 1.807) is 6.07 Å². The molecule has 6 heteroatoms. The van der Waals surface area contributed by atoms with Crippen molar-refractivity contribution in [2.24, 2.45) is 0 Å². The monoisotopic (exact) mass is 347 g/mol. The Hall–Kier alpha value is -2.91. The molecule has 0 spiro atoms. The lowest BCUT2D eigenvalue weighted by atomic mass is 10.1. The number of amides is 1. The van der Waals surface area contributed by atoms with Crippen molar-refractivity contribution >= 4 is 17.4 Å². The first-order valence-corrected chi connectivity index (χ1v) is 8.99. The Labute approximate surface area is 153 Å². The molecule has 0 bridgehead atoms. The molecule has 6 nitrogen and oxygen atoms in total. The van der Waals surface area contributed by atoms with Crippen LogP contribution in [0.4, 0.5) is 11.5 Å². The van der Waals surface area contributed by atoms with Crippen LogP contribution in [0.2, 0.25) is 0 Å². The standard InChI is InChI=1S/C20H21N5O/c21-15-16-5-4-8-19(22-16)24-13-11-23(12-14-24)18-9-10-25(20(18)26)17-6-2-1-3-7-17/h1-8,18H,9-14H2/t18-/m1/s1. The Bertz CT molecular complexity index is 824. The van der Waals surface area contributed by atoms with Gasteiger partial charge in [0.1, 0.15) is 17.6 Å². The van der Waals surface area contributed by atoms with E-state index >= 15 is 0 Å². The highest BCUT2D eigenvalue weighted by Crippen LogP contribution is 2.25. The molecule has 2 aromatic rings. The lowest BCUT2D eigenvalue weighted by molar-refractivity contribution is -0.121. The summed E-state index contributed by atoms with van der Waals surface area (Å²) in [4.78, 5) is 23.6. The van der Waals surface area contributed by atoms with Gasteiger partial charge < -0.3 is 9.80 Å². The average Bonchev–Trinajstić information content (AvgIpc) is 3.10. The van der Waals surface area contributed by atoms with Gasteiger partial charge in [-0.25, -0.2) is 4.98 Å². The second-order valence-corrected chi connectivity index (χ2v) is 6.65. The molecule has 1 amide bonds. The number of nitrogens with zero attached hydrogens (tertiary/aromatic N) is 5. The molecule has 2 aliphatic rings. The first kappa shape index (κ1) is 16.6. The molecule has 2 fully saturated rings. The summed E-state index contributed by atoms with van der Waals surface area (Å²) in [5.74, 6) is 1.04. The van der Waals surface area contributed by atoms with Crippen LogP contribution in [0.25, 0.3) is 0 Å². The predicted octanol–water partition coefficient (Wildman–Crippen LogP) is 1.88. The molecule has 0 aliphatic carbocycles. The molecule has 3 heterocycles. The van der Waals surface area contributed by atoms with Crippen molar-refractivity contribution in [1.82, 2.24) is 9.88 Å². The van der Waals surface area contributed by atoms with E-state index in [-0.39, 0.29) is 11.9 Å². The summed E-state index contributed by atoms with van der Waals surface area (Å²) in [6.45, 7) is 4.07. The fourth-order valence-electron chi connectivity index (χ4n) is 3.79. The molecular weight excluding hydrogens is 326 g/mol. The first-order valence-electron chi connectivity index (χ1n) is 8.99. The number of hydrogen-bond donors (Lipinski definition) is 0. The number of pyridine rings is 1. The fraction of sp³-hybridized carbons (Fsp3) is 0.350. The molecule has 0 saturated carbocycles. The van der Waals surface area contributed by atoms with E-state index in [1.807, 2.05) is 47.4 Å². The van der Waals surface area contributed by atoms with Crippen molar-refractivity contribution in [1.29, 1.82) is 5.26 Å². The lowest BCUT2D eigenvalue weighted by Gasteiger charge is -2.37. The lowest BCUT2D eigenvalue weighted by Crippen LogP contribution is -2.52. The molecule has 0 unspecified atom stereocenters. The maximum absolute atomic E-state index is 12.9. The zero-order valence-corrected chi connectivity index (χ0v) is 14.6. The van der Waals surface area contributed by atoms with Crippen LogP contribution in [0.1, 0.15) is 12.1 Å². The third-order valence-corrected chi connectivity index (χ3v) is 5.17. The minimum absolute atomic E-state index is 0.0317. The summed E-state index contributed by atoms with van der Waals surface area (Å²) in [6.07, 6.45) is 0.871. The SMILES string of the molecule is N#Cc1cccc(N2CCN([C@@H]3CCN(c4ccccc4)C3=O)CC2)n1. The number of rotatable bonds is 3. The van der Waals surface area contributed by atoms with E-state index in [1.165, 1.54) is 0 Å². The summed E-state index contributed by atoms with van der Waals surface area (Å²) < 4.78 is 0. The average molecular weight is 347 g/mol. The summed E-state index contributed by atoms with van der Waals surface area (Å²) in [5, 5.41) is 9.01. The quantitative estimate of drug-likeness (QED) is 0.848. The Morgan fingerprint density at radius 3 is 2.46 bits per heavy atom. The van der Waals surface area contributed by atoms with Crippen LogP contribution in [-0.4, -0.2) is 54.6 Å². The maximum atomic E-state index is 12.9. The smallest absolute Gasteiger partial charge is 0.244 e. The molecule has 0 N–H and O–H groups in total. The number of carbonyl (C=O) groups excluding carboxylic acids is 1. The van der Waals surface area contributed by atoms with Crippen molar-refractivity contribution in [2.75, 3.05) is 42.5 Å². The van der Waals surface area contributed by atoms with Crippen LogP contribution in [0, 0.1) is 11.3 Å². The highest BCUT2D eigenvalue weighted by atomic mass is 16.2. The van der Waals surface area contributed by atoms with Crippen molar-refractivity contribution in [3.05, 3.63) is 54.2 Å². The number of carbonyl (C=O) groups is 1. The van der Waals surface area contributed by atoms with Crippen LogP contribution in [0.15, 0.2) is 48.5 Å². The molecule has 1 aromatic carbocycles. The van der Waals surface area contributed by atoms with Crippen LogP contribution in [0.5, 0.6) is 0 Å². The molecule has 2 aliphatic heterocycles. The van der Waals surface area contributed by atoms with E-state index in [0.29, 0.717) is 5.69 Å². The van der Waals surface area contributed by atoms with Gasteiger partial charge in [0.25, 0.3) is 0 Å². The summed E-state index contributed by atoms with van der Waals surface area (Å²) in [6, 6.07) is 17.5. The number of benzene rings is 1. The van der Waals surface area contributed by atoms with Crippen LogP contribution in [-0.2, 0) is 4.79 Å². The zero-order chi connectivity index (χ0) is 17.9. The Morgan fingerprint density at radius 1 is 0.962 bits per heavy atom. The van der Waals surface area contributed by atoms with E-state index in [0.717, 1.165) is 50.6 Å². The third-order valence-electron chi connectivity index (χ3n) is 5.17. The number of aromatic nitrogens is 1. The van der Waals surface area contributed by atoms with E-state index in [4.69, 9.17) is 5.26 Å². The molecule has 0 radical (unpaired) electrons. The first-order chi connectivity index (χ1) is 12.8. The molecule has 2 saturated heterocycles. The van der Waals surface area contributed by atoms with E-state index < -0.39 is 0 Å². The Morgan fingerprint density at radius 2 is 1.73 bits per heavy atom. The summed E-state index contributed by atoms with van der Waals surface area (Å²) in [5.41, 5.74) is 1.42. The van der Waals surface area contributed by atoms with Gasteiger partial charge in [0, 0.05) is 38.4 Å². The van der Waals surface area contributed by atoms with Crippen molar-refractivity contribution < 1.29 is 4.79 Å². The number of nitriles is 1. The van der Waals surface area contributed by atoms with Crippen LogP contribution in [0.3, 0.4) is 0 Å². The molecular formula is C20H21N5O. The topological polar surface area (TPSA) is 63.5 Å². The number of anilines is 2. The molecule has 132 valence electrons. The van der Waals surface area contributed by atoms with Crippen LogP contribution < -0.4 is 9.80 Å². The summed E-state index contributed by atoms with van der Waals surface area (Å²) >= 11 is 0.